The molecule has 0 aromatic carbocycles. The van der Waals surface area contributed by atoms with Crippen molar-refractivity contribution in [1.82, 2.24) is 4.90 Å². The Morgan fingerprint density at radius 3 is 2.25 bits per heavy atom. The van der Waals surface area contributed by atoms with Crippen LogP contribution in [0.15, 0.2) is 0 Å². The summed E-state index contributed by atoms with van der Waals surface area (Å²) in [5.74, 6) is -2.54. The van der Waals surface area contributed by atoms with E-state index in [0.717, 1.165) is 4.90 Å². The van der Waals surface area contributed by atoms with E-state index in [0.29, 0.717) is 0 Å². The lowest BCUT2D eigenvalue weighted by Gasteiger charge is -2.41. The number of fused-ring (bicyclic) bond motifs is 1. The Balaban J connectivity index is 2.20. The van der Waals surface area contributed by atoms with Crippen molar-refractivity contribution in [2.45, 2.75) is 63.1 Å². The van der Waals surface area contributed by atoms with Crippen LogP contribution in [0.1, 0.15) is 34.6 Å². The number of carbonyl (C=O) groups is 3. The number of nitrogens with zero attached hydrogens (tertiary/aromatic N) is 1. The van der Waals surface area contributed by atoms with Gasteiger partial charge in [0.15, 0.2) is 15.2 Å². The number of hydrogen-bond acceptors (Lipinski definition) is 8. The van der Waals surface area contributed by atoms with Gasteiger partial charge in [0.2, 0.25) is 12.2 Å². The Morgan fingerprint density at radius 1 is 1.21 bits per heavy atom. The molecule has 2 heterocycles. The van der Waals surface area contributed by atoms with Crippen LogP contribution in [0.2, 0.25) is 0 Å². The monoisotopic (exact) mass is 362 g/mol. The van der Waals surface area contributed by atoms with Gasteiger partial charge in [-0.05, 0) is 13.8 Å². The van der Waals surface area contributed by atoms with Crippen molar-refractivity contribution in [3.63, 3.8) is 0 Å². The smallest absolute Gasteiger partial charge is 0.333 e. The van der Waals surface area contributed by atoms with Gasteiger partial charge in [-0.1, -0.05) is 13.8 Å². The van der Waals surface area contributed by atoms with Gasteiger partial charge in [-0.2, -0.15) is 0 Å². The predicted octanol–water partition coefficient (Wildman–Crippen LogP) is -0.854. The fraction of sp³-hybridized carbons (Fsp3) is 0.786. The molecule has 0 aromatic rings. The third-order valence-corrected chi connectivity index (χ3v) is 7.21. The summed E-state index contributed by atoms with van der Waals surface area (Å²) in [7, 11) is -3.84. The molecular weight excluding hydrogens is 340 g/mol. The highest BCUT2D eigenvalue weighted by atomic mass is 32.2. The Hall–Kier alpha value is -1.68. The van der Waals surface area contributed by atoms with Crippen LogP contribution in [-0.2, 0) is 33.7 Å². The summed E-state index contributed by atoms with van der Waals surface area (Å²) in [5, 5.41) is -1.23. The first kappa shape index (κ1) is 18.7. The molecular formula is C14H22N2O7S. The molecule has 9 nitrogen and oxygen atoms in total. The minimum atomic E-state index is -3.84. The standard InChI is InChI=1S/C14H22N2O7S/c1-6(2)12(18)22-7(3)23-13(19)9-14(4,5)24(20,21)11-8(15)10(17)16(9)11/h6-9,11H,15H2,1-5H3/t7?,8-,9+,11-/m1/s1. The molecule has 0 saturated carbocycles. The lowest BCUT2D eigenvalue weighted by atomic mass is 9.96. The quantitative estimate of drug-likeness (QED) is 0.388. The topological polar surface area (TPSA) is 133 Å². The summed E-state index contributed by atoms with van der Waals surface area (Å²) in [5.41, 5.74) is 5.57. The van der Waals surface area contributed by atoms with Crippen molar-refractivity contribution in [2.75, 3.05) is 0 Å². The second-order valence-electron chi connectivity index (χ2n) is 6.81. The van der Waals surface area contributed by atoms with E-state index in [4.69, 9.17) is 15.2 Å². The second kappa shape index (κ2) is 5.69. The minimum Gasteiger partial charge on any atom is -0.425 e. The van der Waals surface area contributed by atoms with E-state index in [1.807, 2.05) is 0 Å². The highest BCUT2D eigenvalue weighted by Gasteiger charge is 2.71. The summed E-state index contributed by atoms with van der Waals surface area (Å²) in [6, 6.07) is -2.51. The van der Waals surface area contributed by atoms with E-state index in [-0.39, 0.29) is 0 Å². The van der Waals surface area contributed by atoms with E-state index in [9.17, 15) is 22.8 Å². The van der Waals surface area contributed by atoms with Crippen molar-refractivity contribution < 1.29 is 32.3 Å². The van der Waals surface area contributed by atoms with Crippen LogP contribution in [0.5, 0.6) is 0 Å². The normalized spacial score (nSPS) is 31.2. The van der Waals surface area contributed by atoms with Gasteiger partial charge in [-0.3, -0.25) is 9.59 Å². The number of carbonyl (C=O) groups excluding carboxylic acids is 3. The molecule has 136 valence electrons. The van der Waals surface area contributed by atoms with Crippen LogP contribution >= 0.6 is 0 Å². The zero-order chi connectivity index (χ0) is 18.6. The zero-order valence-electron chi connectivity index (χ0n) is 14.2. The van der Waals surface area contributed by atoms with Crippen molar-refractivity contribution in [3.8, 4) is 0 Å². The molecule has 2 saturated heterocycles. The van der Waals surface area contributed by atoms with E-state index in [1.54, 1.807) is 13.8 Å². The number of rotatable bonds is 4. The Labute approximate surface area is 140 Å². The maximum absolute atomic E-state index is 12.5. The Bertz CT molecular complexity index is 685. The number of ether oxygens (including phenoxy) is 2. The van der Waals surface area contributed by atoms with Crippen molar-refractivity contribution >= 4 is 27.7 Å². The number of esters is 2. The van der Waals surface area contributed by atoms with E-state index >= 15 is 0 Å². The Kier molecular flexibility index (Phi) is 4.43. The highest BCUT2D eigenvalue weighted by Crippen LogP contribution is 2.45. The average Bonchev–Trinajstić information content (AvgIpc) is 2.59. The fourth-order valence-electron chi connectivity index (χ4n) is 2.88. The van der Waals surface area contributed by atoms with E-state index < -0.39 is 62.1 Å². The van der Waals surface area contributed by atoms with Crippen LogP contribution in [-0.4, -0.2) is 59.7 Å². The van der Waals surface area contributed by atoms with Crippen LogP contribution in [0.25, 0.3) is 0 Å². The maximum atomic E-state index is 12.5. The number of sulfone groups is 1. The molecule has 2 rings (SSSR count). The first-order valence-corrected chi connectivity index (χ1v) is 9.10. The first-order valence-electron chi connectivity index (χ1n) is 7.56. The summed E-state index contributed by atoms with van der Waals surface area (Å²) >= 11 is 0. The van der Waals surface area contributed by atoms with Crippen molar-refractivity contribution in [1.29, 1.82) is 0 Å². The molecule has 0 bridgehead atoms. The predicted molar refractivity (Wildman–Crippen MR) is 81.9 cm³/mol. The molecule has 1 unspecified atom stereocenters. The summed E-state index contributed by atoms with van der Waals surface area (Å²) in [6.07, 6.45) is -1.20. The molecule has 1 amide bonds. The van der Waals surface area contributed by atoms with Gasteiger partial charge in [0.1, 0.15) is 16.8 Å². The molecule has 2 aliphatic heterocycles. The van der Waals surface area contributed by atoms with E-state index in [1.165, 1.54) is 20.8 Å². The van der Waals surface area contributed by atoms with Gasteiger partial charge >= 0.3 is 11.9 Å². The number of β-lactam (4-membered cyclic amide) rings is 1. The van der Waals surface area contributed by atoms with Crippen LogP contribution in [0, 0.1) is 5.92 Å². The molecule has 0 radical (unpaired) electrons. The molecule has 2 aliphatic rings. The summed E-state index contributed by atoms with van der Waals surface area (Å²) in [6.45, 7) is 7.27. The average molecular weight is 362 g/mol. The van der Waals surface area contributed by atoms with Gasteiger partial charge < -0.3 is 20.1 Å². The molecule has 4 atom stereocenters. The van der Waals surface area contributed by atoms with Gasteiger partial charge in [0, 0.05) is 6.92 Å². The van der Waals surface area contributed by atoms with Crippen molar-refractivity contribution in [2.24, 2.45) is 11.7 Å². The minimum absolute atomic E-state index is 0.409. The molecule has 24 heavy (non-hydrogen) atoms. The second-order valence-corrected chi connectivity index (χ2v) is 9.43. The van der Waals surface area contributed by atoms with Crippen LogP contribution in [0.3, 0.4) is 0 Å². The first-order chi connectivity index (χ1) is 10.8. The van der Waals surface area contributed by atoms with Gasteiger partial charge in [0.25, 0.3) is 0 Å². The van der Waals surface area contributed by atoms with Gasteiger partial charge in [-0.15, -0.1) is 0 Å². The molecule has 2 N–H and O–H groups in total. The number of nitrogens with two attached hydrogens (primary N) is 1. The van der Waals surface area contributed by atoms with Crippen LogP contribution < -0.4 is 5.73 Å². The SMILES string of the molecule is CC(OC(=O)C(C)C)OC(=O)[C@@H]1N2C(=O)[C@@H](N)[C@H]2S(=O)(=O)C1(C)C. The van der Waals surface area contributed by atoms with Gasteiger partial charge in [-0.25, -0.2) is 13.2 Å². The van der Waals surface area contributed by atoms with E-state index in [2.05, 4.69) is 0 Å². The summed E-state index contributed by atoms with van der Waals surface area (Å²) < 4.78 is 33.5. The third-order valence-electron chi connectivity index (χ3n) is 4.37. The molecule has 0 aromatic heterocycles. The Morgan fingerprint density at radius 2 is 1.75 bits per heavy atom. The lowest BCUT2D eigenvalue weighted by Crippen LogP contribution is -2.70. The fourth-order valence-corrected chi connectivity index (χ4v) is 5.05. The molecule has 0 aliphatic carbocycles. The molecule has 2 fully saturated rings. The highest BCUT2D eigenvalue weighted by molar-refractivity contribution is 7.94. The van der Waals surface area contributed by atoms with Crippen LogP contribution in [0.4, 0.5) is 0 Å². The third kappa shape index (κ3) is 2.48. The lowest BCUT2D eigenvalue weighted by molar-refractivity contribution is -0.193. The largest absolute Gasteiger partial charge is 0.425 e. The molecule has 10 heteroatoms. The maximum Gasteiger partial charge on any atom is 0.333 e. The molecule has 0 spiro atoms. The number of hydrogen-bond donors (Lipinski definition) is 1. The zero-order valence-corrected chi connectivity index (χ0v) is 15.0. The summed E-state index contributed by atoms with van der Waals surface area (Å²) in [4.78, 5) is 36.8. The van der Waals surface area contributed by atoms with Crippen molar-refractivity contribution in [3.05, 3.63) is 0 Å². The number of amides is 1. The van der Waals surface area contributed by atoms with Gasteiger partial charge in [0.05, 0.1) is 5.92 Å².